The van der Waals surface area contributed by atoms with Gasteiger partial charge in [-0.2, -0.15) is 0 Å². The molecule has 1 heterocycles. The lowest BCUT2D eigenvalue weighted by Crippen LogP contribution is -2.51. The molecule has 146 valence electrons. The zero-order valence-electron chi connectivity index (χ0n) is 15.4. The minimum atomic E-state index is -0.203. The SMILES string of the molecule is I.NC(=NCCCNc1ccccc1)N1CCN(c2ccc(F)cc2)CC1. The van der Waals surface area contributed by atoms with Crippen LogP contribution in [0.2, 0.25) is 0 Å². The maximum Gasteiger partial charge on any atom is 0.191 e. The molecule has 7 heteroatoms. The number of aliphatic imine (C=N–C) groups is 1. The average Bonchev–Trinajstić information content (AvgIpc) is 2.69. The first-order chi connectivity index (χ1) is 12.7. The van der Waals surface area contributed by atoms with Crippen molar-refractivity contribution in [2.75, 3.05) is 49.5 Å². The molecular formula is C20H27FIN5. The molecule has 27 heavy (non-hydrogen) atoms. The second kappa shape index (κ2) is 11.0. The zero-order valence-corrected chi connectivity index (χ0v) is 17.7. The van der Waals surface area contributed by atoms with Crippen LogP contribution in [0, 0.1) is 5.82 Å². The first-order valence-corrected chi connectivity index (χ1v) is 9.07. The Morgan fingerprint density at radius 3 is 2.33 bits per heavy atom. The minimum Gasteiger partial charge on any atom is -0.385 e. The summed E-state index contributed by atoms with van der Waals surface area (Å²) in [6.45, 7) is 4.96. The number of anilines is 2. The third kappa shape index (κ3) is 6.57. The van der Waals surface area contributed by atoms with E-state index in [1.807, 2.05) is 30.3 Å². The van der Waals surface area contributed by atoms with Gasteiger partial charge in [0.2, 0.25) is 0 Å². The van der Waals surface area contributed by atoms with E-state index in [-0.39, 0.29) is 29.8 Å². The fraction of sp³-hybridized carbons (Fsp3) is 0.350. The summed E-state index contributed by atoms with van der Waals surface area (Å²) in [5.74, 6) is 0.411. The quantitative estimate of drug-likeness (QED) is 0.286. The Labute approximate surface area is 177 Å². The van der Waals surface area contributed by atoms with Gasteiger partial charge in [-0.1, -0.05) is 18.2 Å². The van der Waals surface area contributed by atoms with Crippen LogP contribution in [0.25, 0.3) is 0 Å². The third-order valence-electron chi connectivity index (χ3n) is 4.51. The number of piperazine rings is 1. The van der Waals surface area contributed by atoms with Crippen molar-refractivity contribution in [3.63, 3.8) is 0 Å². The van der Waals surface area contributed by atoms with Gasteiger partial charge in [-0.05, 0) is 42.8 Å². The van der Waals surface area contributed by atoms with Crippen molar-refractivity contribution >= 4 is 41.3 Å². The Kier molecular flexibility index (Phi) is 8.63. The van der Waals surface area contributed by atoms with Crippen LogP contribution >= 0.6 is 24.0 Å². The predicted molar refractivity (Wildman–Crippen MR) is 122 cm³/mol. The predicted octanol–water partition coefficient (Wildman–Crippen LogP) is 3.38. The first kappa shape index (κ1) is 21.3. The molecule has 0 aromatic heterocycles. The topological polar surface area (TPSA) is 56.9 Å². The Morgan fingerprint density at radius 2 is 1.67 bits per heavy atom. The summed E-state index contributed by atoms with van der Waals surface area (Å²) in [6.07, 6.45) is 0.936. The van der Waals surface area contributed by atoms with E-state index in [2.05, 4.69) is 32.2 Å². The lowest BCUT2D eigenvalue weighted by molar-refractivity contribution is 0.380. The van der Waals surface area contributed by atoms with Crippen LogP contribution in [0.3, 0.4) is 0 Å². The van der Waals surface area contributed by atoms with Crippen LogP contribution in [-0.4, -0.2) is 50.1 Å². The highest BCUT2D eigenvalue weighted by Crippen LogP contribution is 2.16. The molecule has 3 N–H and O–H groups in total. The standard InChI is InChI=1S/C20H26FN5.HI/c21-17-7-9-19(10-8-17)25-13-15-26(16-14-25)20(22)24-12-4-11-23-18-5-2-1-3-6-18;/h1-3,5-10,23H,4,11-16H2,(H2,22,24);1H. The Balaban J connectivity index is 0.00000261. The van der Waals surface area contributed by atoms with E-state index >= 15 is 0 Å². The summed E-state index contributed by atoms with van der Waals surface area (Å²) in [6, 6.07) is 16.8. The van der Waals surface area contributed by atoms with Crippen LogP contribution in [0.4, 0.5) is 15.8 Å². The number of para-hydroxylation sites is 1. The van der Waals surface area contributed by atoms with E-state index in [1.54, 1.807) is 0 Å². The van der Waals surface area contributed by atoms with Crippen LogP contribution in [0.1, 0.15) is 6.42 Å². The van der Waals surface area contributed by atoms with E-state index in [0.29, 0.717) is 12.5 Å². The Hall–Kier alpha value is -2.03. The molecule has 1 fully saturated rings. The van der Waals surface area contributed by atoms with E-state index in [4.69, 9.17) is 5.73 Å². The van der Waals surface area contributed by atoms with Crippen LogP contribution in [0.15, 0.2) is 59.6 Å². The summed E-state index contributed by atoms with van der Waals surface area (Å²) >= 11 is 0. The summed E-state index contributed by atoms with van der Waals surface area (Å²) in [5, 5.41) is 3.37. The van der Waals surface area contributed by atoms with Crippen LogP contribution < -0.4 is 16.0 Å². The maximum atomic E-state index is 13.0. The molecule has 1 aliphatic heterocycles. The van der Waals surface area contributed by atoms with Gasteiger partial charge in [0.25, 0.3) is 0 Å². The van der Waals surface area contributed by atoms with Crippen molar-refractivity contribution in [2.45, 2.75) is 6.42 Å². The van der Waals surface area contributed by atoms with Crippen LogP contribution in [-0.2, 0) is 0 Å². The van der Waals surface area contributed by atoms with Crippen molar-refractivity contribution in [2.24, 2.45) is 10.7 Å². The number of hydrogen-bond acceptors (Lipinski definition) is 3. The van der Waals surface area contributed by atoms with E-state index in [0.717, 1.165) is 50.5 Å². The van der Waals surface area contributed by atoms with Gasteiger partial charge >= 0.3 is 0 Å². The molecule has 3 rings (SSSR count). The summed E-state index contributed by atoms with van der Waals surface area (Å²) in [7, 11) is 0. The molecule has 2 aromatic rings. The van der Waals surface area contributed by atoms with Gasteiger partial charge < -0.3 is 20.9 Å². The molecule has 0 aliphatic carbocycles. The highest BCUT2D eigenvalue weighted by Gasteiger charge is 2.18. The van der Waals surface area contributed by atoms with Gasteiger partial charge in [0.15, 0.2) is 5.96 Å². The largest absolute Gasteiger partial charge is 0.385 e. The minimum absolute atomic E-state index is 0. The molecule has 0 atom stereocenters. The molecule has 0 saturated carbocycles. The van der Waals surface area contributed by atoms with Crippen molar-refractivity contribution in [3.05, 3.63) is 60.4 Å². The summed E-state index contributed by atoms with van der Waals surface area (Å²) in [5.41, 5.74) is 8.31. The molecule has 0 amide bonds. The average molecular weight is 483 g/mol. The van der Waals surface area contributed by atoms with Crippen LogP contribution in [0.5, 0.6) is 0 Å². The van der Waals surface area contributed by atoms with Crippen molar-refractivity contribution in [3.8, 4) is 0 Å². The van der Waals surface area contributed by atoms with Gasteiger partial charge in [-0.3, -0.25) is 4.99 Å². The Bertz CT molecular complexity index is 700. The normalized spacial score (nSPS) is 14.6. The number of nitrogens with one attached hydrogen (secondary N) is 1. The number of benzene rings is 2. The molecular weight excluding hydrogens is 456 g/mol. The lowest BCUT2D eigenvalue weighted by atomic mass is 10.2. The summed E-state index contributed by atoms with van der Waals surface area (Å²) in [4.78, 5) is 8.86. The number of guanidine groups is 1. The maximum absolute atomic E-state index is 13.0. The van der Waals surface area contributed by atoms with Gasteiger partial charge in [0, 0.05) is 50.6 Å². The van der Waals surface area contributed by atoms with E-state index < -0.39 is 0 Å². The van der Waals surface area contributed by atoms with Gasteiger partial charge in [-0.15, -0.1) is 24.0 Å². The van der Waals surface area contributed by atoms with Gasteiger partial charge in [0.1, 0.15) is 5.82 Å². The van der Waals surface area contributed by atoms with Crippen molar-refractivity contribution in [1.82, 2.24) is 4.90 Å². The van der Waals surface area contributed by atoms with Crippen molar-refractivity contribution < 1.29 is 4.39 Å². The molecule has 5 nitrogen and oxygen atoms in total. The molecule has 2 aromatic carbocycles. The molecule has 0 spiro atoms. The smallest absolute Gasteiger partial charge is 0.191 e. The molecule has 0 radical (unpaired) electrons. The first-order valence-electron chi connectivity index (χ1n) is 9.07. The van der Waals surface area contributed by atoms with Gasteiger partial charge in [0.05, 0.1) is 0 Å². The zero-order chi connectivity index (χ0) is 18.2. The number of rotatable bonds is 6. The highest BCUT2D eigenvalue weighted by molar-refractivity contribution is 14.0. The molecule has 0 unspecified atom stereocenters. The number of nitrogens with zero attached hydrogens (tertiary/aromatic N) is 3. The summed E-state index contributed by atoms with van der Waals surface area (Å²) < 4.78 is 13.0. The fourth-order valence-electron chi connectivity index (χ4n) is 3.01. The van der Waals surface area contributed by atoms with E-state index in [9.17, 15) is 4.39 Å². The second-order valence-corrected chi connectivity index (χ2v) is 6.34. The Morgan fingerprint density at radius 1 is 1.00 bits per heavy atom. The number of halogens is 2. The lowest BCUT2D eigenvalue weighted by Gasteiger charge is -2.36. The van der Waals surface area contributed by atoms with Gasteiger partial charge in [-0.25, -0.2) is 4.39 Å². The fourth-order valence-corrected chi connectivity index (χ4v) is 3.01. The number of hydrogen-bond donors (Lipinski definition) is 2. The molecule has 0 bridgehead atoms. The molecule has 1 saturated heterocycles. The van der Waals surface area contributed by atoms with E-state index in [1.165, 1.54) is 12.1 Å². The second-order valence-electron chi connectivity index (χ2n) is 6.34. The third-order valence-corrected chi connectivity index (χ3v) is 4.51. The monoisotopic (exact) mass is 483 g/mol. The number of nitrogens with two attached hydrogens (primary N) is 1. The molecule has 1 aliphatic rings. The highest BCUT2D eigenvalue weighted by atomic mass is 127. The van der Waals surface area contributed by atoms with Crippen molar-refractivity contribution in [1.29, 1.82) is 0 Å².